The Morgan fingerprint density at radius 3 is 2.51 bits per heavy atom. The Balaban J connectivity index is 1.14. The summed E-state index contributed by atoms with van der Waals surface area (Å²) in [6.45, 7) is 6.84. The highest BCUT2D eigenvalue weighted by Gasteiger charge is 2.15. The number of aromatic nitrogens is 2. The van der Waals surface area contributed by atoms with Crippen LogP contribution in [0.1, 0.15) is 56.6 Å². The lowest BCUT2D eigenvalue weighted by Crippen LogP contribution is -2.32. The summed E-state index contributed by atoms with van der Waals surface area (Å²) in [5.74, 6) is 0.918. The quantitative estimate of drug-likeness (QED) is 0.303. The van der Waals surface area contributed by atoms with Gasteiger partial charge >= 0.3 is 0 Å². The monoisotopic (exact) mass is 492 g/mol. The second-order valence-corrected chi connectivity index (χ2v) is 10.2. The van der Waals surface area contributed by atoms with Crippen LogP contribution in [0.2, 0.25) is 0 Å². The predicted octanol–water partition coefficient (Wildman–Crippen LogP) is 5.17. The Morgan fingerprint density at radius 1 is 1.03 bits per heavy atom. The number of nitrogens with zero attached hydrogens (tertiary/aromatic N) is 2. The first-order valence-electron chi connectivity index (χ1n) is 12.8. The Bertz CT molecular complexity index is 1240. The molecule has 2 heterocycles. The molecule has 0 saturated carbocycles. The fourth-order valence-corrected chi connectivity index (χ4v) is 4.95. The summed E-state index contributed by atoms with van der Waals surface area (Å²) in [6.07, 6.45) is 5.54. The van der Waals surface area contributed by atoms with E-state index in [2.05, 4.69) is 46.4 Å². The van der Waals surface area contributed by atoms with E-state index in [9.17, 15) is 9.59 Å². The lowest BCUT2D eigenvalue weighted by Gasteiger charge is -2.30. The number of fused-ring (bicyclic) bond motifs is 1. The summed E-state index contributed by atoms with van der Waals surface area (Å²) < 4.78 is 2.07. The summed E-state index contributed by atoms with van der Waals surface area (Å²) in [4.78, 5) is 30.6. The third-order valence-corrected chi connectivity index (χ3v) is 7.29. The second-order valence-electron chi connectivity index (χ2n) is 9.80. The summed E-state index contributed by atoms with van der Waals surface area (Å²) in [5, 5.41) is 3.67. The number of likely N-dealkylation sites (tertiary alicyclic amines) is 1. The number of hydrogen-bond donors (Lipinski definition) is 2. The molecule has 0 radical (unpaired) electrons. The molecule has 3 aromatic rings. The van der Waals surface area contributed by atoms with Crippen molar-refractivity contribution in [2.24, 2.45) is 5.92 Å². The van der Waals surface area contributed by atoms with Crippen molar-refractivity contribution in [2.75, 3.05) is 13.1 Å². The zero-order valence-corrected chi connectivity index (χ0v) is 21.4. The minimum absolute atomic E-state index is 0.0568. The number of nitrogens with one attached hydrogen (secondary N) is 2. The van der Waals surface area contributed by atoms with E-state index in [-0.39, 0.29) is 11.5 Å². The Morgan fingerprint density at radius 2 is 1.74 bits per heavy atom. The number of carbonyl (C=O) groups is 1. The van der Waals surface area contributed by atoms with Crippen molar-refractivity contribution < 1.29 is 4.79 Å². The fourth-order valence-electron chi connectivity index (χ4n) is 4.66. The standard InChI is InChI=1S/C28H36N4O2S/c1-21-14-17-31(18-15-21)20-23-12-10-22(11-13-23)19-29-26(33)9-3-2-6-16-32-27(34)24-7-4-5-8-25(24)30-28(32)35/h4-5,7-8,10-13,21H,2-3,6,9,14-20H2,1H3,(H,29,33)(H,30,35). The SMILES string of the molecule is CC1CCN(Cc2ccc(CNC(=O)CCCCCn3c(=S)[nH]c4ccccc4c3=O)cc2)CC1. The minimum Gasteiger partial charge on any atom is -0.352 e. The third kappa shape index (κ3) is 7.12. The van der Waals surface area contributed by atoms with E-state index >= 15 is 0 Å². The molecule has 1 aromatic heterocycles. The molecule has 0 spiro atoms. The minimum atomic E-state index is -0.0568. The van der Waals surface area contributed by atoms with Crippen molar-refractivity contribution in [1.29, 1.82) is 0 Å². The van der Waals surface area contributed by atoms with Gasteiger partial charge in [-0.2, -0.15) is 0 Å². The van der Waals surface area contributed by atoms with Gasteiger partial charge in [-0.25, -0.2) is 0 Å². The van der Waals surface area contributed by atoms with Gasteiger partial charge in [-0.15, -0.1) is 0 Å². The lowest BCUT2D eigenvalue weighted by molar-refractivity contribution is -0.121. The van der Waals surface area contributed by atoms with Gasteiger partial charge in [-0.1, -0.05) is 49.7 Å². The van der Waals surface area contributed by atoms with Crippen LogP contribution in [-0.2, 0) is 24.4 Å². The van der Waals surface area contributed by atoms with Crippen molar-refractivity contribution in [3.05, 3.63) is 74.8 Å². The largest absolute Gasteiger partial charge is 0.352 e. The zero-order chi connectivity index (χ0) is 24.6. The first kappa shape index (κ1) is 25.3. The summed E-state index contributed by atoms with van der Waals surface area (Å²) in [5.41, 5.74) is 3.17. The van der Waals surface area contributed by atoms with Crippen LogP contribution in [0, 0.1) is 10.7 Å². The van der Waals surface area contributed by atoms with Gasteiger partial charge in [0, 0.05) is 26.1 Å². The molecule has 0 bridgehead atoms. The highest BCUT2D eigenvalue weighted by Crippen LogP contribution is 2.18. The van der Waals surface area contributed by atoms with E-state index < -0.39 is 0 Å². The molecule has 0 aliphatic carbocycles. The van der Waals surface area contributed by atoms with Gasteiger partial charge in [0.05, 0.1) is 10.9 Å². The molecule has 0 atom stereocenters. The van der Waals surface area contributed by atoms with E-state index in [1.807, 2.05) is 24.3 Å². The number of carbonyl (C=O) groups excluding carboxylic acids is 1. The van der Waals surface area contributed by atoms with Crippen molar-refractivity contribution >= 4 is 29.0 Å². The number of H-pyrrole nitrogens is 1. The number of hydrogen-bond acceptors (Lipinski definition) is 4. The van der Waals surface area contributed by atoms with Gasteiger partial charge in [-0.3, -0.25) is 19.1 Å². The molecule has 6 nitrogen and oxygen atoms in total. The maximum absolute atomic E-state index is 12.7. The molecule has 1 aliphatic rings. The number of para-hydroxylation sites is 1. The topological polar surface area (TPSA) is 70.1 Å². The molecule has 2 aromatic carbocycles. The van der Waals surface area contributed by atoms with Crippen LogP contribution < -0.4 is 10.9 Å². The van der Waals surface area contributed by atoms with Crippen molar-refractivity contribution in [3.63, 3.8) is 0 Å². The molecule has 35 heavy (non-hydrogen) atoms. The van der Waals surface area contributed by atoms with E-state index in [0.717, 1.165) is 42.8 Å². The van der Waals surface area contributed by atoms with E-state index in [0.29, 0.717) is 29.7 Å². The molecule has 0 unspecified atom stereocenters. The van der Waals surface area contributed by atoms with Crippen LogP contribution in [0.5, 0.6) is 0 Å². The number of unbranched alkanes of at least 4 members (excludes halogenated alkanes) is 2. The first-order chi connectivity index (χ1) is 17.0. The van der Waals surface area contributed by atoms with Gasteiger partial charge in [0.2, 0.25) is 5.91 Å². The van der Waals surface area contributed by atoms with Gasteiger partial charge < -0.3 is 10.3 Å². The molecule has 186 valence electrons. The predicted molar refractivity (Wildman–Crippen MR) is 144 cm³/mol. The number of benzene rings is 2. The van der Waals surface area contributed by atoms with Gasteiger partial charge in [0.1, 0.15) is 0 Å². The van der Waals surface area contributed by atoms with Crippen LogP contribution in [0.25, 0.3) is 10.9 Å². The highest BCUT2D eigenvalue weighted by molar-refractivity contribution is 7.71. The van der Waals surface area contributed by atoms with Crippen LogP contribution in [0.3, 0.4) is 0 Å². The van der Waals surface area contributed by atoms with Gasteiger partial charge in [0.15, 0.2) is 4.77 Å². The van der Waals surface area contributed by atoms with Crippen molar-refractivity contribution in [2.45, 2.75) is 65.1 Å². The molecule has 1 fully saturated rings. The van der Waals surface area contributed by atoms with Crippen LogP contribution in [0.4, 0.5) is 0 Å². The number of aromatic amines is 1. The maximum atomic E-state index is 12.7. The third-order valence-electron chi connectivity index (χ3n) is 6.97. The number of piperidine rings is 1. The second kappa shape index (κ2) is 12.3. The van der Waals surface area contributed by atoms with Gasteiger partial charge in [0.25, 0.3) is 5.56 Å². The van der Waals surface area contributed by atoms with Crippen LogP contribution >= 0.6 is 12.2 Å². The Kier molecular flexibility index (Phi) is 8.88. The molecule has 1 saturated heterocycles. The van der Waals surface area contributed by atoms with Crippen LogP contribution in [0.15, 0.2) is 53.3 Å². The highest BCUT2D eigenvalue weighted by atomic mass is 32.1. The summed E-state index contributed by atoms with van der Waals surface area (Å²) in [7, 11) is 0. The molecular formula is C28H36N4O2S. The molecule has 2 N–H and O–H groups in total. The maximum Gasteiger partial charge on any atom is 0.262 e. The summed E-state index contributed by atoms with van der Waals surface area (Å²) in [6, 6.07) is 16.0. The average molecular weight is 493 g/mol. The van der Waals surface area contributed by atoms with Crippen molar-refractivity contribution in [3.8, 4) is 0 Å². The molecule has 1 amide bonds. The smallest absolute Gasteiger partial charge is 0.262 e. The average Bonchev–Trinajstić information content (AvgIpc) is 2.86. The number of rotatable bonds is 10. The molecule has 4 rings (SSSR count). The lowest BCUT2D eigenvalue weighted by atomic mass is 9.99. The van der Waals surface area contributed by atoms with E-state index in [1.165, 1.54) is 31.5 Å². The normalized spacial score (nSPS) is 14.9. The van der Waals surface area contributed by atoms with E-state index in [4.69, 9.17) is 12.2 Å². The van der Waals surface area contributed by atoms with Gasteiger partial charge in [-0.05, 0) is 80.2 Å². The Hall–Kier alpha value is -2.77. The van der Waals surface area contributed by atoms with E-state index in [1.54, 1.807) is 4.57 Å². The first-order valence-corrected chi connectivity index (χ1v) is 13.2. The fraction of sp³-hybridized carbons (Fsp3) is 0.464. The molecular weight excluding hydrogens is 456 g/mol. The number of amides is 1. The molecule has 7 heteroatoms. The zero-order valence-electron chi connectivity index (χ0n) is 20.6. The Labute approximate surface area is 212 Å². The van der Waals surface area contributed by atoms with Crippen LogP contribution in [-0.4, -0.2) is 33.4 Å². The summed E-state index contributed by atoms with van der Waals surface area (Å²) >= 11 is 5.36. The molecule has 1 aliphatic heterocycles. The van der Waals surface area contributed by atoms with Crippen molar-refractivity contribution in [1.82, 2.24) is 19.8 Å².